The second-order valence-electron chi connectivity index (χ2n) is 8.05. The summed E-state index contributed by atoms with van der Waals surface area (Å²) < 4.78 is 76.9. The molecule has 1 heterocycles. The first-order chi connectivity index (χ1) is 17.4. The van der Waals surface area contributed by atoms with Crippen LogP contribution in [0.2, 0.25) is 5.02 Å². The Labute approximate surface area is 218 Å². The Hall–Kier alpha value is -3.22. The number of rotatable bonds is 9. The van der Waals surface area contributed by atoms with E-state index in [0.29, 0.717) is 14.9 Å². The molecular formula is C24H22ClF4N4O3S-. The molecule has 0 radical (unpaired) electrons. The summed E-state index contributed by atoms with van der Waals surface area (Å²) in [6.45, 7) is 1.54. The van der Waals surface area contributed by atoms with Crippen LogP contribution in [-0.2, 0) is 35.3 Å². The molecule has 13 heteroatoms. The molecule has 2 atom stereocenters. The number of aromatic nitrogens is 1. The molecular weight excluding hydrogens is 536 g/mol. The Morgan fingerprint density at radius 1 is 1.14 bits per heavy atom. The average molecular weight is 558 g/mol. The van der Waals surface area contributed by atoms with Crippen LogP contribution in [0.15, 0.2) is 54.6 Å². The van der Waals surface area contributed by atoms with Crippen LogP contribution in [0, 0.1) is 5.82 Å². The van der Waals surface area contributed by atoms with Crippen molar-refractivity contribution in [1.29, 1.82) is 0 Å². The number of hydrogen-bond acceptors (Lipinski definition) is 5. The number of nitrogens with zero attached hydrogens (tertiary/aromatic N) is 2. The number of benzene rings is 2. The monoisotopic (exact) mass is 557 g/mol. The van der Waals surface area contributed by atoms with Crippen LogP contribution < -0.4 is 14.9 Å². The Bertz CT molecular complexity index is 1290. The molecule has 1 amide bonds. The fourth-order valence-corrected chi connectivity index (χ4v) is 3.78. The Morgan fingerprint density at radius 2 is 1.81 bits per heavy atom. The molecule has 7 nitrogen and oxygen atoms in total. The summed E-state index contributed by atoms with van der Waals surface area (Å²) in [6.07, 6.45) is -4.66. The number of anilines is 2. The first-order valence-electron chi connectivity index (χ1n) is 10.8. The molecule has 2 N–H and O–H groups in total. The molecule has 0 spiro atoms. The first-order valence-corrected chi connectivity index (χ1v) is 12.2. The Morgan fingerprint density at radius 3 is 2.41 bits per heavy atom. The highest BCUT2D eigenvalue weighted by atomic mass is 35.5. The van der Waals surface area contributed by atoms with Gasteiger partial charge in [-0.1, -0.05) is 35.9 Å². The fourth-order valence-electron chi connectivity index (χ4n) is 3.34. The van der Waals surface area contributed by atoms with E-state index in [4.69, 9.17) is 11.6 Å². The van der Waals surface area contributed by atoms with E-state index in [1.165, 1.54) is 32.2 Å². The molecule has 37 heavy (non-hydrogen) atoms. The number of alkyl halides is 3. The van der Waals surface area contributed by atoms with Crippen molar-refractivity contribution in [2.24, 2.45) is 0 Å². The maximum atomic E-state index is 14.4. The van der Waals surface area contributed by atoms with E-state index >= 15 is 0 Å². The summed E-state index contributed by atoms with van der Waals surface area (Å²) in [5, 5.41) is 6.01. The van der Waals surface area contributed by atoms with Crippen molar-refractivity contribution in [2.45, 2.75) is 32.1 Å². The second-order valence-corrected chi connectivity index (χ2v) is 9.47. The van der Waals surface area contributed by atoms with Crippen LogP contribution in [0.5, 0.6) is 0 Å². The maximum Gasteiger partial charge on any atom is 0.433 e. The summed E-state index contributed by atoms with van der Waals surface area (Å²) in [5.41, 5.74) is 0.0780. The lowest BCUT2D eigenvalue weighted by Crippen LogP contribution is -2.28. The van der Waals surface area contributed by atoms with Crippen molar-refractivity contribution >= 4 is 40.3 Å². The van der Waals surface area contributed by atoms with Gasteiger partial charge in [-0.05, 0) is 48.4 Å². The standard InChI is InChI=1S/C24H23ClF4N4O3S/c1-14(16-5-9-20(19(26)11-16)33(2)37(35)36)23(34)31-13-17-6-10-21(24(27,28)29)32-22(17)30-12-15-3-7-18(25)8-4-15/h3-11,14H,12-13H2,1-2H3,(H,30,32)(H,31,34)(H,35,36)/p-1. The molecule has 2 unspecified atom stereocenters. The molecule has 198 valence electrons. The van der Waals surface area contributed by atoms with Crippen molar-refractivity contribution < 1.29 is 31.1 Å². The van der Waals surface area contributed by atoms with Crippen molar-refractivity contribution in [2.75, 3.05) is 16.7 Å². The first kappa shape index (κ1) is 28.4. The summed E-state index contributed by atoms with van der Waals surface area (Å²) >= 11 is 3.19. The van der Waals surface area contributed by atoms with Crippen molar-refractivity contribution in [3.05, 3.63) is 87.8 Å². The lowest BCUT2D eigenvalue weighted by molar-refractivity contribution is -0.141. The highest BCUT2D eigenvalue weighted by molar-refractivity contribution is 7.80. The van der Waals surface area contributed by atoms with E-state index in [-0.39, 0.29) is 30.2 Å². The van der Waals surface area contributed by atoms with E-state index in [9.17, 15) is 31.1 Å². The van der Waals surface area contributed by atoms with Crippen LogP contribution >= 0.6 is 11.6 Å². The maximum absolute atomic E-state index is 14.4. The van der Waals surface area contributed by atoms with Gasteiger partial charge in [-0.2, -0.15) is 13.2 Å². The van der Waals surface area contributed by atoms with Crippen molar-refractivity contribution in [3.8, 4) is 0 Å². The van der Waals surface area contributed by atoms with Crippen molar-refractivity contribution in [3.63, 3.8) is 0 Å². The van der Waals surface area contributed by atoms with E-state index in [1.807, 2.05) is 0 Å². The highest BCUT2D eigenvalue weighted by Crippen LogP contribution is 2.30. The van der Waals surface area contributed by atoms with E-state index in [0.717, 1.165) is 17.7 Å². The highest BCUT2D eigenvalue weighted by Gasteiger charge is 2.33. The summed E-state index contributed by atoms with van der Waals surface area (Å²) in [6, 6.07) is 12.5. The zero-order valence-electron chi connectivity index (χ0n) is 19.6. The minimum atomic E-state index is -4.66. The third-order valence-electron chi connectivity index (χ3n) is 5.52. The van der Waals surface area contributed by atoms with Gasteiger partial charge in [0.2, 0.25) is 5.91 Å². The number of carbonyl (C=O) groups is 1. The smallest absolute Gasteiger partial charge is 0.433 e. The van der Waals surface area contributed by atoms with E-state index in [1.54, 1.807) is 24.3 Å². The SMILES string of the molecule is CC(C(=O)NCc1ccc(C(F)(F)F)nc1NCc1ccc(Cl)cc1)c1ccc(N(C)S(=O)[O-])c(F)c1. The van der Waals surface area contributed by atoms with Gasteiger partial charge in [0.05, 0.1) is 11.6 Å². The summed E-state index contributed by atoms with van der Waals surface area (Å²) in [7, 11) is 1.17. The topological polar surface area (TPSA) is 97.4 Å². The molecule has 2 aromatic carbocycles. The van der Waals surface area contributed by atoms with E-state index < -0.39 is 40.8 Å². The second kappa shape index (κ2) is 11.9. The van der Waals surface area contributed by atoms with Gasteiger partial charge in [0.15, 0.2) is 0 Å². The zero-order chi connectivity index (χ0) is 27.3. The van der Waals surface area contributed by atoms with Crippen LogP contribution in [0.25, 0.3) is 0 Å². The number of hydrogen-bond donors (Lipinski definition) is 2. The quantitative estimate of drug-likeness (QED) is 0.280. The molecule has 0 saturated heterocycles. The molecule has 3 aromatic rings. The molecule has 3 rings (SSSR count). The van der Waals surface area contributed by atoms with Gasteiger partial charge in [-0.15, -0.1) is 0 Å². The van der Waals surface area contributed by atoms with Crippen LogP contribution in [0.1, 0.15) is 35.2 Å². The van der Waals surface area contributed by atoms with Crippen LogP contribution in [0.3, 0.4) is 0 Å². The third-order valence-corrected chi connectivity index (χ3v) is 6.42. The van der Waals surface area contributed by atoms with Gasteiger partial charge >= 0.3 is 6.18 Å². The molecule has 0 aliphatic carbocycles. The predicted octanol–water partition coefficient (Wildman–Crippen LogP) is 5.16. The number of nitrogens with one attached hydrogen (secondary N) is 2. The largest absolute Gasteiger partial charge is 0.755 e. The van der Waals surface area contributed by atoms with Gasteiger partial charge in [0.1, 0.15) is 17.3 Å². The third kappa shape index (κ3) is 7.40. The molecule has 0 aliphatic heterocycles. The number of pyridine rings is 1. The molecule has 0 bridgehead atoms. The molecule has 0 fully saturated rings. The molecule has 0 saturated carbocycles. The Kier molecular flexibility index (Phi) is 9.11. The zero-order valence-corrected chi connectivity index (χ0v) is 21.2. The van der Waals surface area contributed by atoms with Gasteiger partial charge in [-0.25, -0.2) is 9.37 Å². The predicted molar refractivity (Wildman–Crippen MR) is 132 cm³/mol. The van der Waals surface area contributed by atoms with Gasteiger partial charge in [-0.3, -0.25) is 9.00 Å². The summed E-state index contributed by atoms with van der Waals surface area (Å²) in [4.78, 5) is 16.4. The van der Waals surface area contributed by atoms with Crippen molar-refractivity contribution in [1.82, 2.24) is 10.3 Å². The number of amides is 1. The average Bonchev–Trinajstić information content (AvgIpc) is 2.85. The van der Waals surface area contributed by atoms with Gasteiger partial charge in [0.25, 0.3) is 0 Å². The summed E-state index contributed by atoms with van der Waals surface area (Å²) in [5.74, 6) is -2.23. The molecule has 1 aromatic heterocycles. The Balaban J connectivity index is 1.74. The van der Waals surface area contributed by atoms with Crippen LogP contribution in [0.4, 0.5) is 29.1 Å². The molecule has 0 aliphatic rings. The lowest BCUT2D eigenvalue weighted by Gasteiger charge is -2.22. The lowest BCUT2D eigenvalue weighted by atomic mass is 9.99. The fraction of sp³-hybridized carbons (Fsp3) is 0.250. The number of halogens is 5. The van der Waals surface area contributed by atoms with Gasteiger partial charge < -0.3 is 19.5 Å². The minimum Gasteiger partial charge on any atom is -0.755 e. The number of carbonyl (C=O) groups excluding carboxylic acids is 1. The normalized spacial score (nSPS) is 13.1. The minimum absolute atomic E-state index is 0.0539. The van der Waals surface area contributed by atoms with Gasteiger partial charge in [0, 0.05) is 42.0 Å². The van der Waals surface area contributed by atoms with Crippen LogP contribution in [-0.4, -0.2) is 26.7 Å². The van der Waals surface area contributed by atoms with E-state index in [2.05, 4.69) is 15.6 Å².